The molecule has 7 aromatic rings. The van der Waals surface area contributed by atoms with Crippen molar-refractivity contribution in [2.24, 2.45) is 0 Å². The molecular formula is C38H20B6O. The highest BCUT2D eigenvalue weighted by atomic mass is 16.3. The molecule has 1 aliphatic carbocycles. The lowest BCUT2D eigenvalue weighted by atomic mass is 9.65. The molecule has 7 heteroatoms. The molecule has 0 N–H and O–H groups in total. The third kappa shape index (κ3) is 3.64. The van der Waals surface area contributed by atoms with Crippen molar-refractivity contribution in [3.8, 4) is 22.3 Å². The van der Waals surface area contributed by atoms with Crippen LogP contribution in [0.4, 0.5) is 0 Å². The van der Waals surface area contributed by atoms with E-state index in [1.165, 1.54) is 27.8 Å². The van der Waals surface area contributed by atoms with Gasteiger partial charge in [0.1, 0.15) is 58.2 Å². The highest BCUT2D eigenvalue weighted by molar-refractivity contribution is 6.66. The Kier molecular flexibility index (Phi) is 6.23. The molecular weight excluding hydrogens is 537 g/mol. The molecule has 196 valence electrons. The molecule has 0 aliphatic heterocycles. The minimum atomic E-state index is -0.520. The molecule has 45 heavy (non-hydrogen) atoms. The molecule has 1 nitrogen and oxygen atoms in total. The Morgan fingerprint density at radius 3 is 1.56 bits per heavy atom. The van der Waals surface area contributed by atoms with Gasteiger partial charge in [0.05, 0.1) is 5.41 Å². The zero-order valence-electron chi connectivity index (χ0n) is 24.7. The number of aryl methyl sites for hydroxylation is 1. The second kappa shape index (κ2) is 10.0. The molecule has 0 amide bonds. The van der Waals surface area contributed by atoms with E-state index >= 15 is 0 Å². The molecule has 0 saturated carbocycles. The predicted molar refractivity (Wildman–Crippen MR) is 194 cm³/mol. The largest absolute Gasteiger partial charge is 0.455 e. The van der Waals surface area contributed by atoms with Gasteiger partial charge in [0, 0.05) is 16.3 Å². The number of rotatable bonds is 3. The van der Waals surface area contributed by atoms with Crippen LogP contribution in [0, 0.1) is 6.92 Å². The lowest BCUT2D eigenvalue weighted by molar-refractivity contribution is 0.668. The first-order valence-corrected chi connectivity index (χ1v) is 14.8. The van der Waals surface area contributed by atoms with E-state index in [2.05, 4.69) is 103 Å². The highest BCUT2D eigenvalue weighted by Gasteiger charge is 2.45. The van der Waals surface area contributed by atoms with Crippen LogP contribution in [0.15, 0.2) is 108 Å². The van der Waals surface area contributed by atoms with Crippen LogP contribution in [0.25, 0.3) is 44.2 Å². The average molecular weight is 557 g/mol. The third-order valence-electron chi connectivity index (χ3n) is 9.61. The Morgan fingerprint density at radius 2 is 0.956 bits per heavy atom. The summed E-state index contributed by atoms with van der Waals surface area (Å²) in [6, 6.07) is 36.4. The van der Waals surface area contributed by atoms with E-state index < -0.39 is 5.41 Å². The van der Waals surface area contributed by atoms with Gasteiger partial charge in [-0.25, -0.2) is 0 Å². The van der Waals surface area contributed by atoms with E-state index in [0.29, 0.717) is 54.9 Å². The van der Waals surface area contributed by atoms with E-state index in [1.54, 1.807) is 0 Å². The molecule has 0 fully saturated rings. The van der Waals surface area contributed by atoms with E-state index in [4.69, 9.17) is 51.5 Å². The van der Waals surface area contributed by atoms with Crippen molar-refractivity contribution in [1.82, 2.24) is 0 Å². The van der Waals surface area contributed by atoms with E-state index in [-0.39, 0.29) is 10.9 Å². The van der Waals surface area contributed by atoms with Crippen LogP contribution in [-0.4, -0.2) is 47.1 Å². The topological polar surface area (TPSA) is 13.1 Å². The van der Waals surface area contributed by atoms with Gasteiger partial charge in [-0.1, -0.05) is 125 Å². The third-order valence-corrected chi connectivity index (χ3v) is 9.61. The Labute approximate surface area is 270 Å². The first-order chi connectivity index (χ1) is 21.8. The Morgan fingerprint density at radius 1 is 0.467 bits per heavy atom. The lowest BCUT2D eigenvalue weighted by Crippen LogP contribution is -2.42. The summed E-state index contributed by atoms with van der Waals surface area (Å²) in [6.45, 7) is 1.84. The molecule has 0 bridgehead atoms. The van der Waals surface area contributed by atoms with E-state index in [9.17, 15) is 0 Å². The molecule has 0 spiro atoms. The minimum Gasteiger partial charge on any atom is -0.455 e. The Hall–Kier alpha value is -4.49. The summed E-state index contributed by atoms with van der Waals surface area (Å²) in [4.78, 5) is 0. The summed E-state index contributed by atoms with van der Waals surface area (Å²) < 4.78 is 6.48. The van der Waals surface area contributed by atoms with Crippen LogP contribution in [0.1, 0.15) is 27.8 Å². The maximum atomic E-state index is 6.70. The molecule has 1 aliphatic rings. The number of furan rings is 1. The van der Waals surface area contributed by atoms with E-state index in [0.717, 1.165) is 11.1 Å². The molecule has 6 aromatic carbocycles. The SMILES string of the molecule is [B]c1c([B])c([B])c2c(oc3c(-c4ccc(C5(c6ccccc6)c6ccccc6-c6ccccc65)cc4)c([B])c([B])c([B])c32)c1C. The van der Waals surface area contributed by atoms with Gasteiger partial charge in [-0.3, -0.25) is 0 Å². The van der Waals surface area contributed by atoms with Gasteiger partial charge in [0.2, 0.25) is 0 Å². The lowest BCUT2D eigenvalue weighted by Gasteiger charge is -2.34. The summed E-state index contributed by atoms with van der Waals surface area (Å²) in [5.41, 5.74) is 11.7. The Bertz CT molecular complexity index is 2290. The van der Waals surface area contributed by atoms with Gasteiger partial charge < -0.3 is 4.42 Å². The molecule has 0 unspecified atom stereocenters. The molecule has 8 rings (SSSR count). The fourth-order valence-corrected chi connectivity index (χ4v) is 7.41. The van der Waals surface area contributed by atoms with Crippen LogP contribution < -0.4 is 32.8 Å². The van der Waals surface area contributed by atoms with Crippen molar-refractivity contribution in [1.29, 1.82) is 0 Å². The number of fused-ring (bicyclic) bond motifs is 6. The van der Waals surface area contributed by atoms with Crippen molar-refractivity contribution in [3.05, 3.63) is 131 Å². The van der Waals surface area contributed by atoms with Crippen LogP contribution >= 0.6 is 0 Å². The summed E-state index contributed by atoms with van der Waals surface area (Å²) in [7, 11) is 38.9. The highest BCUT2D eigenvalue weighted by Crippen LogP contribution is 2.56. The standard InChI is InChI=1S/C38H20B6O/c1-19-30(39)34(43)32(41)28-29-33(42)35(44)31(40)27(37(29)45-36(19)28)20-15-17-22(18-16-20)38(21-9-3-2-4-10-21)25-13-7-5-11-23(25)24-12-6-8-14-26(24)38/h2-18H,1H3. The van der Waals surface area contributed by atoms with Crippen molar-refractivity contribution in [2.75, 3.05) is 0 Å². The maximum absolute atomic E-state index is 6.70. The summed E-state index contributed by atoms with van der Waals surface area (Å²) in [5.74, 6) is 0. The average Bonchev–Trinajstić information content (AvgIpc) is 3.62. The minimum absolute atomic E-state index is 0.260. The van der Waals surface area contributed by atoms with Gasteiger partial charge in [-0.05, 0) is 51.4 Å². The fourth-order valence-electron chi connectivity index (χ4n) is 7.41. The molecule has 0 atom stereocenters. The summed E-state index contributed by atoms with van der Waals surface area (Å²) >= 11 is 0. The van der Waals surface area contributed by atoms with Crippen LogP contribution in [0.3, 0.4) is 0 Å². The predicted octanol–water partition coefficient (Wildman–Crippen LogP) is 2.69. The second-order valence-electron chi connectivity index (χ2n) is 11.8. The van der Waals surface area contributed by atoms with Crippen LogP contribution in [0.2, 0.25) is 0 Å². The monoisotopic (exact) mass is 558 g/mol. The number of benzene rings is 6. The smallest absolute Gasteiger partial charge is 0.141 e. The van der Waals surface area contributed by atoms with Gasteiger partial charge in [-0.2, -0.15) is 0 Å². The summed E-state index contributed by atoms with van der Waals surface area (Å²) in [5, 5.41) is 1.15. The summed E-state index contributed by atoms with van der Waals surface area (Å²) in [6.07, 6.45) is 0. The van der Waals surface area contributed by atoms with Gasteiger partial charge in [0.25, 0.3) is 0 Å². The van der Waals surface area contributed by atoms with Crippen molar-refractivity contribution in [2.45, 2.75) is 12.3 Å². The first kappa shape index (κ1) is 28.0. The molecule has 0 saturated heterocycles. The van der Waals surface area contributed by atoms with Gasteiger partial charge >= 0.3 is 0 Å². The second-order valence-corrected chi connectivity index (χ2v) is 11.8. The normalized spacial score (nSPS) is 13.3. The number of hydrogen-bond acceptors (Lipinski definition) is 1. The molecule has 1 heterocycles. The van der Waals surface area contributed by atoms with Crippen molar-refractivity contribution >= 4 is 102 Å². The fraction of sp³-hybridized carbons (Fsp3) is 0.0526. The van der Waals surface area contributed by atoms with Crippen molar-refractivity contribution < 1.29 is 4.42 Å². The molecule has 12 radical (unpaired) electrons. The maximum Gasteiger partial charge on any atom is 0.141 e. The molecule has 1 aromatic heterocycles. The van der Waals surface area contributed by atoms with Crippen LogP contribution in [-0.2, 0) is 5.41 Å². The quantitative estimate of drug-likeness (QED) is 0.305. The van der Waals surface area contributed by atoms with Gasteiger partial charge in [-0.15, -0.1) is 10.9 Å². The Balaban J connectivity index is 1.41. The zero-order valence-corrected chi connectivity index (χ0v) is 24.7. The zero-order chi connectivity index (χ0) is 31.2. The number of hydrogen-bond donors (Lipinski definition) is 0. The van der Waals surface area contributed by atoms with Crippen molar-refractivity contribution in [3.63, 3.8) is 0 Å². The first-order valence-electron chi connectivity index (χ1n) is 14.8. The van der Waals surface area contributed by atoms with Gasteiger partial charge in [0.15, 0.2) is 0 Å². The van der Waals surface area contributed by atoms with Crippen LogP contribution in [0.5, 0.6) is 0 Å². The van der Waals surface area contributed by atoms with E-state index in [1.807, 2.05) is 6.92 Å².